The highest BCUT2D eigenvalue weighted by atomic mass is 16.5. The number of furan rings is 2. The van der Waals surface area contributed by atoms with Crippen LogP contribution in [0.4, 0.5) is 0 Å². The first-order valence-electron chi connectivity index (χ1n) is 5.05. The fourth-order valence-corrected chi connectivity index (χ4v) is 1.72. The lowest BCUT2D eigenvalue weighted by Gasteiger charge is -2.12. The van der Waals surface area contributed by atoms with Gasteiger partial charge in [-0.3, -0.25) is 0 Å². The van der Waals surface area contributed by atoms with Crippen LogP contribution < -0.4 is 0 Å². The highest BCUT2D eigenvalue weighted by Gasteiger charge is 2.17. The van der Waals surface area contributed by atoms with Crippen LogP contribution in [0.5, 0.6) is 0 Å². The first-order valence-corrected chi connectivity index (χ1v) is 5.05. The van der Waals surface area contributed by atoms with Crippen LogP contribution in [0.1, 0.15) is 11.5 Å². The van der Waals surface area contributed by atoms with Crippen molar-refractivity contribution < 1.29 is 13.6 Å². The Morgan fingerprint density at radius 2 is 1.56 bits per heavy atom. The van der Waals surface area contributed by atoms with Crippen LogP contribution in [-0.4, -0.2) is 6.61 Å². The van der Waals surface area contributed by atoms with Gasteiger partial charge in [0.15, 0.2) is 0 Å². The van der Waals surface area contributed by atoms with Gasteiger partial charge in [0, 0.05) is 5.57 Å². The Bertz CT molecular complexity index is 465. The van der Waals surface area contributed by atoms with Gasteiger partial charge in [0.1, 0.15) is 18.1 Å². The molecule has 3 heteroatoms. The van der Waals surface area contributed by atoms with Gasteiger partial charge in [0.25, 0.3) is 0 Å². The normalized spacial score (nSPS) is 15.2. The van der Waals surface area contributed by atoms with Gasteiger partial charge < -0.3 is 13.6 Å². The third kappa shape index (κ3) is 1.46. The molecule has 0 bridgehead atoms. The summed E-state index contributed by atoms with van der Waals surface area (Å²) in [6.07, 6.45) is 6.99. The Morgan fingerprint density at radius 1 is 0.875 bits per heavy atom. The molecule has 3 heterocycles. The summed E-state index contributed by atoms with van der Waals surface area (Å²) in [6.45, 7) is 0.556. The van der Waals surface area contributed by atoms with Gasteiger partial charge in [-0.1, -0.05) is 0 Å². The van der Waals surface area contributed by atoms with E-state index in [1.165, 1.54) is 0 Å². The molecule has 0 N–H and O–H groups in total. The Balaban J connectivity index is 2.04. The van der Waals surface area contributed by atoms with Crippen molar-refractivity contribution in [2.75, 3.05) is 6.61 Å². The summed E-state index contributed by atoms with van der Waals surface area (Å²) in [6, 6.07) is 7.54. The van der Waals surface area contributed by atoms with Gasteiger partial charge in [-0.15, -0.1) is 0 Å². The minimum Gasteiger partial charge on any atom is -0.496 e. The van der Waals surface area contributed by atoms with E-state index in [-0.39, 0.29) is 0 Å². The number of hydrogen-bond donors (Lipinski definition) is 0. The molecule has 3 nitrogen and oxygen atoms in total. The summed E-state index contributed by atoms with van der Waals surface area (Å²) < 4.78 is 16.1. The molecular formula is C13H10O3. The van der Waals surface area contributed by atoms with Crippen LogP contribution in [0.15, 0.2) is 58.0 Å². The van der Waals surface area contributed by atoms with E-state index < -0.39 is 0 Å². The first kappa shape index (κ1) is 9.09. The largest absolute Gasteiger partial charge is 0.496 e. The van der Waals surface area contributed by atoms with E-state index in [4.69, 9.17) is 13.6 Å². The van der Waals surface area contributed by atoms with Crippen molar-refractivity contribution in [2.24, 2.45) is 0 Å². The molecule has 0 fully saturated rings. The molecular weight excluding hydrogens is 204 g/mol. The van der Waals surface area contributed by atoms with E-state index >= 15 is 0 Å². The summed E-state index contributed by atoms with van der Waals surface area (Å²) in [5, 5.41) is 0. The molecule has 0 unspecified atom stereocenters. The molecule has 16 heavy (non-hydrogen) atoms. The first-order chi connectivity index (χ1) is 7.95. The SMILES string of the molecule is C1=C(c2ccco2)C(c2ccco2)=COC1. The molecule has 0 radical (unpaired) electrons. The van der Waals surface area contributed by atoms with E-state index in [2.05, 4.69) is 0 Å². The lowest BCUT2D eigenvalue weighted by atomic mass is 10.0. The van der Waals surface area contributed by atoms with Crippen LogP contribution in [0, 0.1) is 0 Å². The standard InChI is InChI=1S/C13H10O3/c1-3-12(15-6-1)10-5-8-14-9-11(10)13-4-2-7-16-13/h1-7,9H,8H2. The second-order valence-electron chi connectivity index (χ2n) is 3.44. The van der Waals surface area contributed by atoms with Gasteiger partial charge in [-0.2, -0.15) is 0 Å². The molecule has 2 aromatic rings. The zero-order valence-corrected chi connectivity index (χ0v) is 8.55. The van der Waals surface area contributed by atoms with Gasteiger partial charge in [-0.05, 0) is 30.3 Å². The van der Waals surface area contributed by atoms with Gasteiger partial charge in [0.2, 0.25) is 0 Å². The molecule has 2 aromatic heterocycles. The van der Waals surface area contributed by atoms with Gasteiger partial charge in [-0.25, -0.2) is 0 Å². The third-order valence-corrected chi connectivity index (χ3v) is 2.45. The molecule has 0 spiro atoms. The average Bonchev–Trinajstić information content (AvgIpc) is 3.03. The zero-order valence-electron chi connectivity index (χ0n) is 8.55. The van der Waals surface area contributed by atoms with Gasteiger partial charge in [0.05, 0.1) is 24.4 Å². The van der Waals surface area contributed by atoms with Crippen LogP contribution in [0.25, 0.3) is 11.1 Å². The predicted octanol–water partition coefficient (Wildman–Crippen LogP) is 3.33. The minimum atomic E-state index is 0.556. The molecule has 1 aliphatic heterocycles. The highest BCUT2D eigenvalue weighted by molar-refractivity contribution is 6.02. The van der Waals surface area contributed by atoms with E-state index in [0.29, 0.717) is 6.61 Å². The van der Waals surface area contributed by atoms with Crippen molar-refractivity contribution >= 4 is 11.1 Å². The van der Waals surface area contributed by atoms with Gasteiger partial charge >= 0.3 is 0 Å². The van der Waals surface area contributed by atoms with E-state index in [0.717, 1.165) is 22.7 Å². The number of hydrogen-bond acceptors (Lipinski definition) is 3. The molecule has 1 aliphatic rings. The maximum absolute atomic E-state index is 5.39. The fraction of sp³-hybridized carbons (Fsp3) is 0.0769. The molecule has 0 amide bonds. The summed E-state index contributed by atoms with van der Waals surface area (Å²) in [5.41, 5.74) is 1.91. The molecule has 3 rings (SSSR count). The predicted molar refractivity (Wildman–Crippen MR) is 59.3 cm³/mol. The van der Waals surface area contributed by atoms with Crippen molar-refractivity contribution in [3.63, 3.8) is 0 Å². The Labute approximate surface area is 92.6 Å². The van der Waals surface area contributed by atoms with Crippen LogP contribution in [0.2, 0.25) is 0 Å². The third-order valence-electron chi connectivity index (χ3n) is 2.45. The average molecular weight is 214 g/mol. The van der Waals surface area contributed by atoms with Crippen molar-refractivity contribution in [3.8, 4) is 0 Å². The van der Waals surface area contributed by atoms with Crippen molar-refractivity contribution in [3.05, 3.63) is 60.7 Å². The monoisotopic (exact) mass is 214 g/mol. The Morgan fingerprint density at radius 3 is 2.19 bits per heavy atom. The Hall–Kier alpha value is -2.16. The second kappa shape index (κ2) is 3.77. The van der Waals surface area contributed by atoms with E-state index in [1.807, 2.05) is 30.3 Å². The minimum absolute atomic E-state index is 0.556. The Kier molecular flexibility index (Phi) is 2.14. The number of rotatable bonds is 2. The lowest BCUT2D eigenvalue weighted by Crippen LogP contribution is -1.98. The molecule has 0 saturated heterocycles. The second-order valence-corrected chi connectivity index (χ2v) is 3.44. The number of allylic oxidation sites excluding steroid dienone is 2. The van der Waals surface area contributed by atoms with Crippen LogP contribution >= 0.6 is 0 Å². The quantitative estimate of drug-likeness (QED) is 0.769. The summed E-state index contributed by atoms with van der Waals surface area (Å²) >= 11 is 0. The smallest absolute Gasteiger partial charge is 0.137 e. The molecule has 80 valence electrons. The summed E-state index contributed by atoms with van der Waals surface area (Å²) in [5.74, 6) is 1.60. The number of ether oxygens (including phenoxy) is 1. The van der Waals surface area contributed by atoms with Crippen molar-refractivity contribution in [1.29, 1.82) is 0 Å². The van der Waals surface area contributed by atoms with Crippen molar-refractivity contribution in [2.45, 2.75) is 0 Å². The fourth-order valence-electron chi connectivity index (χ4n) is 1.72. The maximum Gasteiger partial charge on any atom is 0.137 e. The topological polar surface area (TPSA) is 35.5 Å². The molecule has 0 atom stereocenters. The zero-order chi connectivity index (χ0) is 10.8. The summed E-state index contributed by atoms with van der Waals surface area (Å²) in [7, 11) is 0. The van der Waals surface area contributed by atoms with Crippen molar-refractivity contribution in [1.82, 2.24) is 0 Å². The maximum atomic E-state index is 5.39. The summed E-state index contributed by atoms with van der Waals surface area (Å²) in [4.78, 5) is 0. The van der Waals surface area contributed by atoms with Crippen LogP contribution in [-0.2, 0) is 4.74 Å². The van der Waals surface area contributed by atoms with E-state index in [1.54, 1.807) is 18.8 Å². The molecule has 0 aromatic carbocycles. The molecule has 0 saturated carbocycles. The van der Waals surface area contributed by atoms with E-state index in [9.17, 15) is 0 Å². The molecule has 0 aliphatic carbocycles. The van der Waals surface area contributed by atoms with Crippen LogP contribution in [0.3, 0.4) is 0 Å². The lowest BCUT2D eigenvalue weighted by molar-refractivity contribution is 0.288. The highest BCUT2D eigenvalue weighted by Crippen LogP contribution is 2.33.